The molecule has 100 valence electrons. The molecule has 1 amide bonds. The molecule has 3 nitrogen and oxygen atoms in total. The van der Waals surface area contributed by atoms with Crippen LogP contribution in [-0.4, -0.2) is 37.0 Å². The van der Waals surface area contributed by atoms with Crippen LogP contribution in [0.4, 0.5) is 0 Å². The summed E-state index contributed by atoms with van der Waals surface area (Å²) in [6.07, 6.45) is 4.20. The van der Waals surface area contributed by atoms with Crippen LogP contribution in [-0.2, 0) is 4.79 Å². The van der Waals surface area contributed by atoms with Crippen LogP contribution in [0.5, 0.6) is 0 Å². The molecule has 0 unspecified atom stereocenters. The van der Waals surface area contributed by atoms with E-state index in [1.807, 2.05) is 0 Å². The van der Waals surface area contributed by atoms with E-state index in [-0.39, 0.29) is 0 Å². The molecule has 1 N–H and O–H groups in total. The predicted molar refractivity (Wildman–Crippen MR) is 71.9 cm³/mol. The number of carbonyl (C=O) groups is 1. The van der Waals surface area contributed by atoms with Gasteiger partial charge in [0.1, 0.15) is 0 Å². The third-order valence-corrected chi connectivity index (χ3v) is 3.37. The number of hydrogen-bond acceptors (Lipinski definition) is 2. The first kappa shape index (κ1) is 14.5. The third kappa shape index (κ3) is 5.53. The summed E-state index contributed by atoms with van der Waals surface area (Å²) >= 11 is 0. The molecule has 0 aromatic carbocycles. The zero-order chi connectivity index (χ0) is 12.7. The van der Waals surface area contributed by atoms with Gasteiger partial charge in [-0.25, -0.2) is 0 Å². The van der Waals surface area contributed by atoms with Gasteiger partial charge in [0.15, 0.2) is 0 Å². The number of hydrogen-bond donors (Lipinski definition) is 1. The van der Waals surface area contributed by atoms with E-state index in [2.05, 4.69) is 31.0 Å². The van der Waals surface area contributed by atoms with E-state index in [1.165, 1.54) is 12.8 Å². The van der Waals surface area contributed by atoms with Gasteiger partial charge in [-0.2, -0.15) is 0 Å². The molecule has 1 heterocycles. The number of nitrogens with one attached hydrogen (secondary N) is 1. The van der Waals surface area contributed by atoms with E-state index in [0.29, 0.717) is 24.2 Å². The monoisotopic (exact) mass is 240 g/mol. The summed E-state index contributed by atoms with van der Waals surface area (Å²) in [5.41, 5.74) is 0. The summed E-state index contributed by atoms with van der Waals surface area (Å²) in [7, 11) is 0. The van der Waals surface area contributed by atoms with Crippen molar-refractivity contribution >= 4 is 5.91 Å². The van der Waals surface area contributed by atoms with Crippen LogP contribution in [0.15, 0.2) is 0 Å². The molecule has 1 fully saturated rings. The molecule has 1 saturated heterocycles. The summed E-state index contributed by atoms with van der Waals surface area (Å²) in [4.78, 5) is 14.2. The smallest absolute Gasteiger partial charge is 0.222 e. The molecule has 0 bridgehead atoms. The van der Waals surface area contributed by atoms with E-state index in [9.17, 15) is 4.79 Å². The van der Waals surface area contributed by atoms with Gasteiger partial charge in [0, 0.05) is 19.5 Å². The van der Waals surface area contributed by atoms with Crippen molar-refractivity contribution in [3.8, 4) is 0 Å². The molecule has 0 aromatic rings. The quantitative estimate of drug-likeness (QED) is 0.772. The Balaban J connectivity index is 2.43. The second kappa shape index (κ2) is 7.70. The van der Waals surface area contributed by atoms with Gasteiger partial charge in [0.25, 0.3) is 0 Å². The Bertz CT molecular complexity index is 222. The summed E-state index contributed by atoms with van der Waals surface area (Å²) < 4.78 is 0. The Hall–Kier alpha value is -0.570. The summed E-state index contributed by atoms with van der Waals surface area (Å²) in [6.45, 7) is 10.5. The van der Waals surface area contributed by atoms with Crippen molar-refractivity contribution in [3.63, 3.8) is 0 Å². The highest BCUT2D eigenvalue weighted by molar-refractivity contribution is 5.76. The van der Waals surface area contributed by atoms with Gasteiger partial charge in [0.05, 0.1) is 0 Å². The van der Waals surface area contributed by atoms with Gasteiger partial charge in [-0.05, 0) is 44.2 Å². The van der Waals surface area contributed by atoms with Crippen molar-refractivity contribution < 1.29 is 4.79 Å². The van der Waals surface area contributed by atoms with Gasteiger partial charge < -0.3 is 10.2 Å². The first-order chi connectivity index (χ1) is 8.13. The number of amides is 1. The Kier molecular flexibility index (Phi) is 6.56. The summed E-state index contributed by atoms with van der Waals surface area (Å²) in [5, 5.41) is 3.38. The molecule has 3 heteroatoms. The minimum Gasteiger partial charge on any atom is -0.342 e. The molecule has 0 aliphatic carbocycles. The fraction of sp³-hybridized carbons (Fsp3) is 0.929. The number of carbonyl (C=O) groups excluding carboxylic acids is 1. The Morgan fingerprint density at radius 1 is 1.35 bits per heavy atom. The van der Waals surface area contributed by atoms with Crippen LogP contribution in [0.3, 0.4) is 0 Å². The summed E-state index contributed by atoms with van der Waals surface area (Å²) in [5.74, 6) is 1.52. The highest BCUT2D eigenvalue weighted by Crippen LogP contribution is 2.15. The van der Waals surface area contributed by atoms with Crippen molar-refractivity contribution in [1.82, 2.24) is 10.2 Å². The predicted octanol–water partition coefficient (Wildman–Crippen LogP) is 2.27. The molecule has 0 aromatic heterocycles. The maximum Gasteiger partial charge on any atom is 0.222 e. The van der Waals surface area contributed by atoms with Crippen molar-refractivity contribution in [1.29, 1.82) is 0 Å². The molecule has 0 spiro atoms. The second-order valence-corrected chi connectivity index (χ2v) is 5.63. The first-order valence-corrected chi connectivity index (χ1v) is 7.12. The highest BCUT2D eigenvalue weighted by atomic mass is 16.2. The summed E-state index contributed by atoms with van der Waals surface area (Å²) in [6, 6.07) is 0. The van der Waals surface area contributed by atoms with Crippen molar-refractivity contribution in [2.45, 2.75) is 46.5 Å². The maximum absolute atomic E-state index is 12.1. The first-order valence-electron chi connectivity index (χ1n) is 7.12. The lowest BCUT2D eigenvalue weighted by molar-refractivity contribution is -0.132. The van der Waals surface area contributed by atoms with Crippen LogP contribution < -0.4 is 5.32 Å². The van der Waals surface area contributed by atoms with Gasteiger partial charge in [-0.1, -0.05) is 20.8 Å². The SMILES string of the molecule is CCCN(CC1CCNCC1)C(=O)CC(C)C. The largest absolute Gasteiger partial charge is 0.342 e. The number of rotatable bonds is 6. The van der Waals surface area contributed by atoms with E-state index >= 15 is 0 Å². The standard InChI is InChI=1S/C14H28N2O/c1-4-9-16(14(17)10-12(2)3)11-13-5-7-15-8-6-13/h12-13,15H,4-11H2,1-3H3. The minimum atomic E-state index is 0.348. The van der Waals surface area contributed by atoms with Crippen molar-refractivity contribution in [2.24, 2.45) is 11.8 Å². The minimum absolute atomic E-state index is 0.348. The molecular formula is C14H28N2O. The molecule has 0 atom stereocenters. The van der Waals surface area contributed by atoms with Crippen LogP contribution in [0.1, 0.15) is 46.5 Å². The van der Waals surface area contributed by atoms with Crippen molar-refractivity contribution in [3.05, 3.63) is 0 Å². The van der Waals surface area contributed by atoms with Crippen LogP contribution in [0.2, 0.25) is 0 Å². The molecule has 1 aliphatic rings. The normalized spacial score (nSPS) is 17.4. The van der Waals surface area contributed by atoms with E-state index in [0.717, 1.165) is 32.6 Å². The van der Waals surface area contributed by atoms with E-state index in [1.54, 1.807) is 0 Å². The van der Waals surface area contributed by atoms with Gasteiger partial charge in [-0.3, -0.25) is 4.79 Å². The zero-order valence-electron chi connectivity index (χ0n) is 11.7. The number of nitrogens with zero attached hydrogens (tertiary/aromatic N) is 1. The maximum atomic E-state index is 12.1. The highest BCUT2D eigenvalue weighted by Gasteiger charge is 2.20. The van der Waals surface area contributed by atoms with Crippen LogP contribution in [0, 0.1) is 11.8 Å². The Morgan fingerprint density at radius 2 is 2.00 bits per heavy atom. The van der Waals surface area contributed by atoms with Gasteiger partial charge >= 0.3 is 0 Å². The molecule has 1 rings (SSSR count). The lowest BCUT2D eigenvalue weighted by Crippen LogP contribution is -2.40. The third-order valence-electron chi connectivity index (χ3n) is 3.37. The Labute approximate surface area is 106 Å². The van der Waals surface area contributed by atoms with Crippen LogP contribution >= 0.6 is 0 Å². The lowest BCUT2D eigenvalue weighted by atomic mass is 9.97. The molecule has 1 aliphatic heterocycles. The second-order valence-electron chi connectivity index (χ2n) is 5.63. The van der Waals surface area contributed by atoms with Gasteiger partial charge in [0.2, 0.25) is 5.91 Å². The molecule has 0 radical (unpaired) electrons. The van der Waals surface area contributed by atoms with Crippen molar-refractivity contribution in [2.75, 3.05) is 26.2 Å². The molecule has 17 heavy (non-hydrogen) atoms. The number of piperidine rings is 1. The molecule has 0 saturated carbocycles. The average Bonchev–Trinajstić information content (AvgIpc) is 2.29. The lowest BCUT2D eigenvalue weighted by Gasteiger charge is -2.30. The molecular weight excluding hydrogens is 212 g/mol. The van der Waals surface area contributed by atoms with E-state index < -0.39 is 0 Å². The fourth-order valence-electron chi connectivity index (χ4n) is 2.44. The zero-order valence-corrected chi connectivity index (χ0v) is 11.7. The fourth-order valence-corrected chi connectivity index (χ4v) is 2.44. The van der Waals surface area contributed by atoms with Crippen LogP contribution in [0.25, 0.3) is 0 Å². The average molecular weight is 240 g/mol. The van der Waals surface area contributed by atoms with E-state index in [4.69, 9.17) is 0 Å². The topological polar surface area (TPSA) is 32.3 Å². The van der Waals surface area contributed by atoms with Gasteiger partial charge in [-0.15, -0.1) is 0 Å². The Morgan fingerprint density at radius 3 is 2.53 bits per heavy atom.